The van der Waals surface area contributed by atoms with E-state index in [1.165, 1.54) is 27.5 Å². The van der Waals surface area contributed by atoms with Crippen molar-refractivity contribution in [3.05, 3.63) is 249 Å². The van der Waals surface area contributed by atoms with Gasteiger partial charge >= 0.3 is 0 Å². The van der Waals surface area contributed by atoms with Gasteiger partial charge in [0.1, 0.15) is 22.3 Å². The zero-order chi connectivity index (χ0) is 44.3. The number of hydrogen-bond donors (Lipinski definition) is 0. The average Bonchev–Trinajstić information content (AvgIpc) is 3.98. The van der Waals surface area contributed by atoms with Crippen LogP contribution >= 0.6 is 0 Å². The maximum absolute atomic E-state index is 7.05. The third-order valence-corrected chi connectivity index (χ3v) is 13.3. The summed E-state index contributed by atoms with van der Waals surface area (Å²) in [6.45, 7) is 0. The third kappa shape index (κ3) is 6.67. The number of anilines is 3. The molecule has 0 saturated heterocycles. The molecule has 0 bridgehead atoms. The lowest BCUT2D eigenvalue weighted by Crippen LogP contribution is -2.10. The van der Waals surface area contributed by atoms with Crippen LogP contribution in [0.3, 0.4) is 0 Å². The Morgan fingerprint density at radius 3 is 1.51 bits per heavy atom. The Balaban J connectivity index is 1.03. The quantitative estimate of drug-likeness (QED) is 0.152. The summed E-state index contributed by atoms with van der Waals surface area (Å²) >= 11 is 0. The Labute approximate surface area is 388 Å². The summed E-state index contributed by atoms with van der Waals surface area (Å²) in [5.74, 6) is 0. The molecule has 0 aliphatic carbocycles. The highest BCUT2D eigenvalue weighted by Gasteiger charge is 2.24. The van der Waals surface area contributed by atoms with Crippen molar-refractivity contribution < 1.29 is 8.83 Å². The SMILES string of the molecule is c1ccc(-c2ccc3c(c2)oc2ccc(N(c4ccc(-c5ccc6ccccc6c5-c5ccccc5)cc4)c4ccc(-c5ccccc5)c5oc6cc(-c7ccccc7)ccc6c45)cc23)cc1. The highest BCUT2D eigenvalue weighted by Crippen LogP contribution is 2.48. The van der Waals surface area contributed by atoms with Gasteiger partial charge in [-0.05, 0) is 128 Å². The molecular weight excluding hydrogens is 815 g/mol. The molecule has 3 heteroatoms. The lowest BCUT2D eigenvalue weighted by atomic mass is 9.89. The number of nitrogens with zero attached hydrogens (tertiary/aromatic N) is 1. The largest absolute Gasteiger partial charge is 0.456 e. The van der Waals surface area contributed by atoms with Crippen molar-refractivity contribution in [1.29, 1.82) is 0 Å². The second-order valence-electron chi connectivity index (χ2n) is 17.2. The normalized spacial score (nSPS) is 11.6. The van der Waals surface area contributed by atoms with E-state index in [2.05, 4.69) is 248 Å². The first kappa shape index (κ1) is 38.5. The topological polar surface area (TPSA) is 29.5 Å². The second kappa shape index (κ2) is 16.0. The summed E-state index contributed by atoms with van der Waals surface area (Å²) < 4.78 is 13.6. The summed E-state index contributed by atoms with van der Waals surface area (Å²) in [5, 5.41) is 6.68. The molecule has 2 heterocycles. The number of benzene rings is 11. The van der Waals surface area contributed by atoms with E-state index < -0.39 is 0 Å². The van der Waals surface area contributed by atoms with Gasteiger partial charge < -0.3 is 13.7 Å². The highest BCUT2D eigenvalue weighted by atomic mass is 16.3. The molecule has 67 heavy (non-hydrogen) atoms. The van der Waals surface area contributed by atoms with Gasteiger partial charge in [-0.3, -0.25) is 0 Å². The molecule has 0 fully saturated rings. The van der Waals surface area contributed by atoms with Gasteiger partial charge in [-0.1, -0.05) is 182 Å². The fourth-order valence-corrected chi connectivity index (χ4v) is 10.1. The van der Waals surface area contributed by atoms with Crippen molar-refractivity contribution in [3.63, 3.8) is 0 Å². The molecule has 0 aliphatic heterocycles. The van der Waals surface area contributed by atoms with Crippen molar-refractivity contribution in [1.82, 2.24) is 0 Å². The number of hydrogen-bond acceptors (Lipinski definition) is 3. The van der Waals surface area contributed by atoms with Crippen LogP contribution in [0.15, 0.2) is 258 Å². The van der Waals surface area contributed by atoms with Crippen LogP contribution in [-0.4, -0.2) is 0 Å². The van der Waals surface area contributed by atoms with E-state index in [1.807, 2.05) is 6.07 Å². The molecule has 0 radical (unpaired) electrons. The van der Waals surface area contributed by atoms with E-state index in [4.69, 9.17) is 8.83 Å². The molecule has 0 amide bonds. The molecule has 0 unspecified atom stereocenters. The predicted octanol–water partition coefficient (Wildman–Crippen LogP) is 18.4. The summed E-state index contributed by atoms with van der Waals surface area (Å²) in [5.41, 5.74) is 17.9. The predicted molar refractivity (Wildman–Crippen MR) is 280 cm³/mol. The summed E-state index contributed by atoms with van der Waals surface area (Å²) in [4.78, 5) is 2.38. The van der Waals surface area contributed by atoms with E-state index in [-0.39, 0.29) is 0 Å². The van der Waals surface area contributed by atoms with E-state index in [1.54, 1.807) is 0 Å². The molecule has 3 nitrogen and oxygen atoms in total. The second-order valence-corrected chi connectivity index (χ2v) is 17.2. The molecule has 0 saturated carbocycles. The average molecular weight is 856 g/mol. The van der Waals surface area contributed by atoms with Crippen LogP contribution in [0.4, 0.5) is 17.1 Å². The first-order chi connectivity index (χ1) is 33.2. The van der Waals surface area contributed by atoms with Gasteiger partial charge in [-0.25, -0.2) is 0 Å². The molecule has 13 aromatic rings. The van der Waals surface area contributed by atoms with E-state index >= 15 is 0 Å². The van der Waals surface area contributed by atoms with Gasteiger partial charge in [0, 0.05) is 33.1 Å². The summed E-state index contributed by atoms with van der Waals surface area (Å²) in [7, 11) is 0. The smallest absolute Gasteiger partial charge is 0.145 e. The lowest BCUT2D eigenvalue weighted by Gasteiger charge is -2.27. The van der Waals surface area contributed by atoms with Gasteiger partial charge in [0.05, 0.1) is 11.1 Å². The molecule has 0 atom stereocenters. The van der Waals surface area contributed by atoms with Gasteiger partial charge in [0.15, 0.2) is 0 Å². The molecule has 0 aliphatic rings. The van der Waals surface area contributed by atoms with E-state index in [9.17, 15) is 0 Å². The Morgan fingerprint density at radius 1 is 0.284 bits per heavy atom. The molecular formula is C64H41NO2. The third-order valence-electron chi connectivity index (χ3n) is 13.3. The highest BCUT2D eigenvalue weighted by molar-refractivity contribution is 6.18. The summed E-state index contributed by atoms with van der Waals surface area (Å²) in [6.07, 6.45) is 0. The Hall–Kier alpha value is -8.92. The van der Waals surface area contributed by atoms with E-state index in [0.29, 0.717) is 0 Å². The van der Waals surface area contributed by atoms with Crippen LogP contribution in [0.5, 0.6) is 0 Å². The molecule has 0 N–H and O–H groups in total. The Bertz CT molecular complexity index is 3950. The molecule has 2 aromatic heterocycles. The first-order valence-electron chi connectivity index (χ1n) is 22.8. The Morgan fingerprint density at radius 2 is 0.821 bits per heavy atom. The number of furan rings is 2. The fourth-order valence-electron chi connectivity index (χ4n) is 10.1. The number of rotatable bonds is 8. The minimum atomic E-state index is 0.839. The van der Waals surface area contributed by atoms with Gasteiger partial charge in [-0.15, -0.1) is 0 Å². The van der Waals surface area contributed by atoms with Gasteiger partial charge in [0.2, 0.25) is 0 Å². The Kier molecular flexibility index (Phi) is 9.17. The van der Waals surface area contributed by atoms with Crippen molar-refractivity contribution >= 4 is 71.7 Å². The van der Waals surface area contributed by atoms with Gasteiger partial charge in [0.25, 0.3) is 0 Å². The van der Waals surface area contributed by atoms with Crippen molar-refractivity contribution in [2.24, 2.45) is 0 Å². The molecule has 314 valence electrons. The van der Waals surface area contributed by atoms with Crippen LogP contribution in [0.25, 0.3) is 110 Å². The molecule has 11 aromatic carbocycles. The van der Waals surface area contributed by atoms with Crippen molar-refractivity contribution in [2.75, 3.05) is 4.90 Å². The maximum Gasteiger partial charge on any atom is 0.145 e. The standard InChI is InChI=1S/C64H41NO2/c1-5-15-42(16-6-1)48-28-34-55-57-41-51(32-38-59(57)66-60(55)39-48)65(50-30-25-46(26-31-50)53-33-27-45-21-13-14-24-52(45)62(53)47-22-11-4-12-23-47)58-37-36-54(44-19-9-3-10-20-44)64-63(58)56-35-29-49(40-61(56)67-64)43-17-7-2-8-18-43/h1-41H. The zero-order valence-electron chi connectivity index (χ0n) is 36.4. The van der Waals surface area contributed by atoms with Crippen LogP contribution in [0, 0.1) is 0 Å². The van der Waals surface area contributed by atoms with E-state index in [0.717, 1.165) is 99.9 Å². The van der Waals surface area contributed by atoms with Crippen LogP contribution in [0.1, 0.15) is 0 Å². The zero-order valence-corrected chi connectivity index (χ0v) is 36.4. The number of fused-ring (bicyclic) bond motifs is 7. The minimum Gasteiger partial charge on any atom is -0.456 e. The molecule has 13 rings (SSSR count). The van der Waals surface area contributed by atoms with Crippen molar-refractivity contribution in [2.45, 2.75) is 0 Å². The fraction of sp³-hybridized carbons (Fsp3) is 0. The van der Waals surface area contributed by atoms with Crippen LogP contribution in [-0.2, 0) is 0 Å². The van der Waals surface area contributed by atoms with Gasteiger partial charge in [-0.2, -0.15) is 0 Å². The van der Waals surface area contributed by atoms with Crippen molar-refractivity contribution in [3.8, 4) is 55.6 Å². The minimum absolute atomic E-state index is 0.839. The lowest BCUT2D eigenvalue weighted by molar-refractivity contribution is 0.669. The first-order valence-corrected chi connectivity index (χ1v) is 22.8. The summed E-state index contributed by atoms with van der Waals surface area (Å²) in [6, 6.07) is 88.7. The van der Waals surface area contributed by atoms with Crippen LogP contribution in [0.2, 0.25) is 0 Å². The van der Waals surface area contributed by atoms with Crippen LogP contribution < -0.4 is 4.90 Å². The molecule has 0 spiro atoms. The monoisotopic (exact) mass is 855 g/mol. The maximum atomic E-state index is 7.05.